The molecule has 0 bridgehead atoms. The summed E-state index contributed by atoms with van der Waals surface area (Å²) in [6.07, 6.45) is 3.47. The number of pyridine rings is 1. The molecule has 0 N–H and O–H groups in total. The molecule has 1 fully saturated rings. The van der Waals surface area contributed by atoms with Gasteiger partial charge in [-0.05, 0) is 30.9 Å². The summed E-state index contributed by atoms with van der Waals surface area (Å²) in [5.74, 6) is 0.395. The van der Waals surface area contributed by atoms with Crippen LogP contribution in [0.4, 0.5) is 4.79 Å². The largest absolute Gasteiger partial charge is 0.336 e. The van der Waals surface area contributed by atoms with Gasteiger partial charge in [-0.1, -0.05) is 19.9 Å². The lowest BCUT2D eigenvalue weighted by molar-refractivity contribution is -0.138. The van der Waals surface area contributed by atoms with Gasteiger partial charge >= 0.3 is 6.03 Å². The topological polar surface area (TPSA) is 56.8 Å². The molecule has 0 spiro atoms. The number of carbonyl (C=O) groups excluding carboxylic acids is 2. The average Bonchev–Trinajstić information content (AvgIpc) is 2.60. The lowest BCUT2D eigenvalue weighted by atomic mass is 9.96. The second-order valence-electron chi connectivity index (χ2n) is 7.40. The van der Waals surface area contributed by atoms with E-state index in [0.717, 1.165) is 25.1 Å². The third-order valence-electron chi connectivity index (χ3n) is 4.40. The van der Waals surface area contributed by atoms with Crippen molar-refractivity contribution in [3.8, 4) is 0 Å². The van der Waals surface area contributed by atoms with Crippen LogP contribution in [0.3, 0.4) is 0 Å². The fourth-order valence-corrected chi connectivity index (χ4v) is 3.25. The first kappa shape index (κ1) is 19.2. The monoisotopic (exact) mass is 346 g/mol. The van der Waals surface area contributed by atoms with E-state index >= 15 is 0 Å². The van der Waals surface area contributed by atoms with E-state index in [4.69, 9.17) is 0 Å². The summed E-state index contributed by atoms with van der Waals surface area (Å²) in [7, 11) is 3.50. The Bertz CT molecular complexity index is 574. The zero-order chi connectivity index (χ0) is 18.4. The lowest BCUT2D eigenvalue weighted by Gasteiger charge is -2.36. The highest BCUT2D eigenvalue weighted by Gasteiger charge is 2.32. The van der Waals surface area contributed by atoms with Crippen LogP contribution < -0.4 is 0 Å². The van der Waals surface area contributed by atoms with Crippen LogP contribution >= 0.6 is 0 Å². The molecular weight excluding hydrogens is 316 g/mol. The summed E-state index contributed by atoms with van der Waals surface area (Å²) in [6.45, 7) is 6.68. The molecule has 0 unspecified atom stereocenters. The number of rotatable bonds is 5. The predicted molar refractivity (Wildman–Crippen MR) is 97.9 cm³/mol. The Morgan fingerprint density at radius 2 is 2.08 bits per heavy atom. The third-order valence-corrected chi connectivity index (χ3v) is 4.40. The number of hydrogen-bond acceptors (Lipinski definition) is 3. The van der Waals surface area contributed by atoms with Crippen LogP contribution in [0, 0.1) is 11.8 Å². The maximum Gasteiger partial charge on any atom is 0.319 e. The van der Waals surface area contributed by atoms with Crippen molar-refractivity contribution in [2.24, 2.45) is 11.8 Å². The molecule has 1 aromatic heterocycles. The minimum atomic E-state index is -0.125. The molecule has 6 heteroatoms. The first-order chi connectivity index (χ1) is 11.9. The zero-order valence-corrected chi connectivity index (χ0v) is 15.8. The number of carbonyl (C=O) groups is 2. The Labute approximate surface area is 150 Å². The maximum atomic E-state index is 13.1. The molecule has 2 heterocycles. The van der Waals surface area contributed by atoms with E-state index in [1.165, 1.54) is 0 Å². The molecule has 138 valence electrons. The van der Waals surface area contributed by atoms with Crippen LogP contribution in [0.1, 0.15) is 32.4 Å². The second-order valence-corrected chi connectivity index (χ2v) is 7.40. The SMILES string of the molecule is CC(C)CN(Cc1ccccn1)C(=O)[C@H]1CCCN(C(=O)N(C)C)C1. The van der Waals surface area contributed by atoms with Crippen molar-refractivity contribution in [3.05, 3.63) is 30.1 Å². The van der Waals surface area contributed by atoms with Crippen LogP contribution in [0.25, 0.3) is 0 Å². The van der Waals surface area contributed by atoms with Crippen molar-refractivity contribution >= 4 is 11.9 Å². The molecular formula is C19H30N4O2. The molecule has 25 heavy (non-hydrogen) atoms. The summed E-state index contributed by atoms with van der Waals surface area (Å²) < 4.78 is 0. The number of piperidine rings is 1. The van der Waals surface area contributed by atoms with Crippen LogP contribution in [-0.4, -0.2) is 65.4 Å². The summed E-state index contributed by atoms with van der Waals surface area (Å²) in [5, 5.41) is 0. The van der Waals surface area contributed by atoms with Gasteiger partial charge in [0.1, 0.15) is 0 Å². The Kier molecular flexibility index (Phi) is 6.79. The third kappa shape index (κ3) is 5.44. The van der Waals surface area contributed by atoms with Crippen molar-refractivity contribution < 1.29 is 9.59 Å². The molecule has 1 aromatic rings. The summed E-state index contributed by atoms with van der Waals surface area (Å²) in [4.78, 5) is 35.0. The highest BCUT2D eigenvalue weighted by Crippen LogP contribution is 2.21. The van der Waals surface area contributed by atoms with Gasteiger partial charge in [-0.25, -0.2) is 4.79 Å². The second kappa shape index (κ2) is 8.83. The minimum Gasteiger partial charge on any atom is -0.336 e. The number of aromatic nitrogens is 1. The first-order valence-corrected chi connectivity index (χ1v) is 9.03. The molecule has 0 saturated carbocycles. The first-order valence-electron chi connectivity index (χ1n) is 9.03. The van der Waals surface area contributed by atoms with E-state index in [-0.39, 0.29) is 17.9 Å². The standard InChI is InChI=1S/C19H30N4O2/c1-15(2)12-23(14-17-9-5-6-10-20-17)18(24)16-8-7-11-22(13-16)19(25)21(3)4/h5-6,9-10,15-16H,7-8,11-14H2,1-4H3/t16-/m0/s1. The molecule has 1 aliphatic rings. The normalized spacial score (nSPS) is 17.5. The highest BCUT2D eigenvalue weighted by atomic mass is 16.2. The molecule has 6 nitrogen and oxygen atoms in total. The molecule has 1 atom stereocenters. The number of amides is 3. The van der Waals surface area contributed by atoms with E-state index in [9.17, 15) is 9.59 Å². The van der Waals surface area contributed by atoms with Gasteiger partial charge in [0.15, 0.2) is 0 Å². The summed E-state index contributed by atoms with van der Waals surface area (Å²) in [5.41, 5.74) is 0.897. The Hall–Kier alpha value is -2.11. The van der Waals surface area contributed by atoms with Crippen molar-refractivity contribution in [1.82, 2.24) is 19.7 Å². The van der Waals surface area contributed by atoms with Crippen molar-refractivity contribution in [2.75, 3.05) is 33.7 Å². The Morgan fingerprint density at radius 3 is 2.68 bits per heavy atom. The van der Waals surface area contributed by atoms with Crippen molar-refractivity contribution in [2.45, 2.75) is 33.2 Å². The molecule has 1 aliphatic heterocycles. The van der Waals surface area contributed by atoms with E-state index in [1.54, 1.807) is 30.1 Å². The van der Waals surface area contributed by atoms with E-state index in [1.807, 2.05) is 23.1 Å². The highest BCUT2D eigenvalue weighted by molar-refractivity contribution is 5.81. The fourth-order valence-electron chi connectivity index (χ4n) is 3.25. The lowest BCUT2D eigenvalue weighted by Crippen LogP contribution is -2.49. The molecule has 1 saturated heterocycles. The molecule has 3 amide bonds. The van der Waals surface area contributed by atoms with Gasteiger partial charge in [-0.3, -0.25) is 9.78 Å². The maximum absolute atomic E-state index is 13.1. The predicted octanol–water partition coefficient (Wildman–Crippen LogP) is 2.46. The Balaban J connectivity index is 2.08. The van der Waals surface area contributed by atoms with Crippen LogP contribution in [0.15, 0.2) is 24.4 Å². The smallest absolute Gasteiger partial charge is 0.319 e. The molecule has 0 aliphatic carbocycles. The molecule has 0 radical (unpaired) electrons. The quantitative estimate of drug-likeness (QED) is 0.823. The summed E-state index contributed by atoms with van der Waals surface area (Å²) in [6, 6.07) is 5.75. The van der Waals surface area contributed by atoms with Gasteiger partial charge < -0.3 is 14.7 Å². The number of hydrogen-bond donors (Lipinski definition) is 0. The summed E-state index contributed by atoms with van der Waals surface area (Å²) >= 11 is 0. The van der Waals surface area contributed by atoms with Crippen LogP contribution in [-0.2, 0) is 11.3 Å². The van der Waals surface area contributed by atoms with Gasteiger partial charge in [0.05, 0.1) is 18.2 Å². The van der Waals surface area contributed by atoms with E-state index in [0.29, 0.717) is 25.6 Å². The Morgan fingerprint density at radius 1 is 1.32 bits per heavy atom. The van der Waals surface area contributed by atoms with Gasteiger partial charge in [-0.15, -0.1) is 0 Å². The van der Waals surface area contributed by atoms with Gasteiger partial charge in [0.2, 0.25) is 5.91 Å². The van der Waals surface area contributed by atoms with E-state index < -0.39 is 0 Å². The van der Waals surface area contributed by atoms with Crippen LogP contribution in [0.2, 0.25) is 0 Å². The van der Waals surface area contributed by atoms with Gasteiger partial charge in [0, 0.05) is 39.9 Å². The number of urea groups is 1. The van der Waals surface area contributed by atoms with Crippen molar-refractivity contribution in [3.63, 3.8) is 0 Å². The fraction of sp³-hybridized carbons (Fsp3) is 0.632. The minimum absolute atomic E-state index is 0.0161. The molecule has 0 aromatic carbocycles. The average molecular weight is 346 g/mol. The molecule has 2 rings (SSSR count). The zero-order valence-electron chi connectivity index (χ0n) is 15.8. The number of likely N-dealkylation sites (tertiary alicyclic amines) is 1. The van der Waals surface area contributed by atoms with Crippen molar-refractivity contribution in [1.29, 1.82) is 0 Å². The van der Waals surface area contributed by atoms with E-state index in [2.05, 4.69) is 18.8 Å². The van der Waals surface area contributed by atoms with Gasteiger partial charge in [-0.2, -0.15) is 0 Å². The number of nitrogens with zero attached hydrogens (tertiary/aromatic N) is 4. The van der Waals surface area contributed by atoms with Crippen LogP contribution in [0.5, 0.6) is 0 Å². The van der Waals surface area contributed by atoms with Gasteiger partial charge in [0.25, 0.3) is 0 Å².